The number of hydrogen-bond donors (Lipinski definition) is 2. The number of urea groups is 1. The Hall–Kier alpha value is -2.08. The van der Waals surface area contributed by atoms with Gasteiger partial charge < -0.3 is 20.1 Å². The molecule has 2 amide bonds. The van der Waals surface area contributed by atoms with Gasteiger partial charge in [-0.25, -0.2) is 9.59 Å². The lowest BCUT2D eigenvalue weighted by Gasteiger charge is -2.28. The number of benzene rings is 1. The van der Waals surface area contributed by atoms with Gasteiger partial charge in [-0.1, -0.05) is 6.07 Å². The first-order valence-corrected chi connectivity index (χ1v) is 8.02. The molecule has 6 nitrogen and oxygen atoms in total. The normalized spacial score (nSPS) is 16.4. The van der Waals surface area contributed by atoms with Gasteiger partial charge in [0.2, 0.25) is 0 Å². The lowest BCUT2D eigenvalue weighted by molar-refractivity contribution is 0.0526. The molecule has 0 spiro atoms. The van der Waals surface area contributed by atoms with Crippen molar-refractivity contribution in [2.45, 2.75) is 32.7 Å². The summed E-state index contributed by atoms with van der Waals surface area (Å²) in [6.07, 6.45) is 1.92. The Labute approximate surface area is 136 Å². The van der Waals surface area contributed by atoms with Crippen LogP contribution in [0.1, 0.15) is 37.0 Å². The summed E-state index contributed by atoms with van der Waals surface area (Å²) in [5.74, 6) is 0.0347. The zero-order valence-electron chi connectivity index (χ0n) is 13.6. The molecule has 0 radical (unpaired) electrons. The highest BCUT2D eigenvalue weighted by atomic mass is 16.5. The summed E-state index contributed by atoms with van der Waals surface area (Å²) in [5, 5.41) is 5.71. The lowest BCUT2D eigenvalue weighted by Crippen LogP contribution is -2.42. The first-order valence-electron chi connectivity index (χ1n) is 8.02. The molecule has 1 heterocycles. The van der Waals surface area contributed by atoms with Gasteiger partial charge in [-0.3, -0.25) is 0 Å². The first kappa shape index (κ1) is 17.3. The van der Waals surface area contributed by atoms with E-state index in [9.17, 15) is 9.59 Å². The van der Waals surface area contributed by atoms with Crippen LogP contribution in [-0.2, 0) is 9.47 Å². The third-order valence-corrected chi connectivity index (χ3v) is 3.96. The summed E-state index contributed by atoms with van der Waals surface area (Å²) in [6.45, 7) is 5.58. The Bertz CT molecular complexity index is 541. The van der Waals surface area contributed by atoms with Crippen molar-refractivity contribution in [1.82, 2.24) is 5.32 Å². The Morgan fingerprint density at radius 1 is 1.35 bits per heavy atom. The summed E-state index contributed by atoms with van der Waals surface area (Å²) < 4.78 is 10.3. The first-order chi connectivity index (χ1) is 11.1. The summed E-state index contributed by atoms with van der Waals surface area (Å²) in [7, 11) is 0. The van der Waals surface area contributed by atoms with Crippen LogP contribution in [0.15, 0.2) is 24.3 Å². The van der Waals surface area contributed by atoms with E-state index in [0.717, 1.165) is 26.1 Å². The second-order valence-electron chi connectivity index (χ2n) is 5.64. The molecule has 0 saturated carbocycles. The van der Waals surface area contributed by atoms with Gasteiger partial charge in [-0.05, 0) is 50.8 Å². The number of nitrogens with one attached hydrogen (secondary N) is 2. The van der Waals surface area contributed by atoms with Crippen molar-refractivity contribution in [2.75, 3.05) is 25.1 Å². The summed E-state index contributed by atoms with van der Waals surface area (Å²) >= 11 is 0. The number of carbonyl (C=O) groups is 2. The number of hydrogen-bond acceptors (Lipinski definition) is 4. The second-order valence-corrected chi connectivity index (χ2v) is 5.64. The van der Waals surface area contributed by atoms with Crippen LogP contribution in [-0.4, -0.2) is 37.9 Å². The maximum atomic E-state index is 12.1. The number of rotatable bonds is 5. The maximum absolute atomic E-state index is 12.1. The van der Waals surface area contributed by atoms with Gasteiger partial charge in [0.1, 0.15) is 0 Å². The molecule has 1 fully saturated rings. The van der Waals surface area contributed by atoms with Crippen LogP contribution >= 0.6 is 0 Å². The molecule has 0 aliphatic carbocycles. The molecule has 126 valence electrons. The SMILES string of the molecule is CCOC(=O)c1cccc(NC(=O)NC(C)C2CCOCC2)c1. The van der Waals surface area contributed by atoms with E-state index in [0.29, 0.717) is 23.8 Å². The van der Waals surface area contributed by atoms with Gasteiger partial charge in [-0.2, -0.15) is 0 Å². The molecule has 6 heteroatoms. The number of amides is 2. The van der Waals surface area contributed by atoms with Gasteiger partial charge in [0.05, 0.1) is 12.2 Å². The van der Waals surface area contributed by atoms with Crippen LogP contribution in [0.4, 0.5) is 10.5 Å². The lowest BCUT2D eigenvalue weighted by atomic mass is 9.93. The molecule has 0 aromatic heterocycles. The molecule has 1 unspecified atom stereocenters. The highest BCUT2D eigenvalue weighted by molar-refractivity contribution is 5.94. The van der Waals surface area contributed by atoms with Crippen molar-refractivity contribution >= 4 is 17.7 Å². The number of ether oxygens (including phenoxy) is 2. The Kier molecular flexibility index (Phi) is 6.40. The average Bonchev–Trinajstić information content (AvgIpc) is 2.56. The largest absolute Gasteiger partial charge is 0.462 e. The average molecular weight is 320 g/mol. The fraction of sp³-hybridized carbons (Fsp3) is 0.529. The highest BCUT2D eigenvalue weighted by Gasteiger charge is 2.21. The Balaban J connectivity index is 1.89. The third kappa shape index (κ3) is 5.25. The van der Waals surface area contributed by atoms with Crippen molar-refractivity contribution in [1.29, 1.82) is 0 Å². The van der Waals surface area contributed by atoms with Crippen LogP contribution in [0.3, 0.4) is 0 Å². The zero-order chi connectivity index (χ0) is 16.7. The van der Waals surface area contributed by atoms with Crippen LogP contribution in [0.5, 0.6) is 0 Å². The van der Waals surface area contributed by atoms with Crippen molar-refractivity contribution in [3.63, 3.8) is 0 Å². The molecular formula is C17H24N2O4. The number of anilines is 1. The minimum atomic E-state index is -0.396. The van der Waals surface area contributed by atoms with Crippen LogP contribution in [0.2, 0.25) is 0 Å². The molecule has 2 rings (SSSR count). The summed E-state index contributed by atoms with van der Waals surface area (Å²) in [6, 6.07) is 6.52. The molecule has 0 bridgehead atoms. The molecule has 1 atom stereocenters. The minimum Gasteiger partial charge on any atom is -0.462 e. The maximum Gasteiger partial charge on any atom is 0.338 e. The van der Waals surface area contributed by atoms with Crippen molar-refractivity contribution in [2.24, 2.45) is 5.92 Å². The molecule has 1 aliphatic heterocycles. The van der Waals surface area contributed by atoms with E-state index in [1.807, 2.05) is 6.92 Å². The molecule has 1 aromatic carbocycles. The smallest absolute Gasteiger partial charge is 0.338 e. The highest BCUT2D eigenvalue weighted by Crippen LogP contribution is 2.19. The van der Waals surface area contributed by atoms with E-state index in [4.69, 9.17) is 9.47 Å². The van der Waals surface area contributed by atoms with Crippen molar-refractivity contribution in [3.8, 4) is 0 Å². The van der Waals surface area contributed by atoms with Gasteiger partial charge in [0, 0.05) is 24.9 Å². The van der Waals surface area contributed by atoms with Gasteiger partial charge in [0.15, 0.2) is 0 Å². The second kappa shape index (κ2) is 8.53. The molecular weight excluding hydrogens is 296 g/mol. The van der Waals surface area contributed by atoms with Crippen LogP contribution in [0, 0.1) is 5.92 Å². The predicted molar refractivity (Wildman–Crippen MR) is 87.6 cm³/mol. The quantitative estimate of drug-likeness (QED) is 0.818. The number of carbonyl (C=O) groups excluding carboxylic acids is 2. The van der Waals surface area contributed by atoms with Gasteiger partial charge in [-0.15, -0.1) is 0 Å². The molecule has 1 aromatic rings. The van der Waals surface area contributed by atoms with Gasteiger partial charge in [0.25, 0.3) is 0 Å². The van der Waals surface area contributed by atoms with Gasteiger partial charge >= 0.3 is 12.0 Å². The monoisotopic (exact) mass is 320 g/mol. The Morgan fingerprint density at radius 2 is 2.09 bits per heavy atom. The summed E-state index contributed by atoms with van der Waals surface area (Å²) in [5.41, 5.74) is 0.981. The van der Waals surface area contributed by atoms with E-state index >= 15 is 0 Å². The van der Waals surface area contributed by atoms with E-state index in [2.05, 4.69) is 10.6 Å². The molecule has 1 saturated heterocycles. The fourth-order valence-corrected chi connectivity index (χ4v) is 2.65. The van der Waals surface area contributed by atoms with Crippen molar-refractivity contribution in [3.05, 3.63) is 29.8 Å². The van der Waals surface area contributed by atoms with E-state index in [-0.39, 0.29) is 12.1 Å². The standard InChI is InChI=1S/C17H24N2O4/c1-3-23-16(20)14-5-4-6-15(11-14)19-17(21)18-12(2)13-7-9-22-10-8-13/h4-6,11-13H,3,7-10H2,1-2H3,(H2,18,19,21). The van der Waals surface area contributed by atoms with Crippen LogP contribution < -0.4 is 10.6 Å². The summed E-state index contributed by atoms with van der Waals surface area (Å²) in [4.78, 5) is 23.8. The Morgan fingerprint density at radius 3 is 2.78 bits per heavy atom. The number of esters is 1. The van der Waals surface area contributed by atoms with E-state index in [1.54, 1.807) is 31.2 Å². The zero-order valence-corrected chi connectivity index (χ0v) is 13.6. The molecule has 1 aliphatic rings. The molecule has 23 heavy (non-hydrogen) atoms. The third-order valence-electron chi connectivity index (χ3n) is 3.96. The van der Waals surface area contributed by atoms with E-state index < -0.39 is 5.97 Å². The fourth-order valence-electron chi connectivity index (χ4n) is 2.65. The minimum absolute atomic E-state index is 0.0761. The van der Waals surface area contributed by atoms with Crippen LogP contribution in [0.25, 0.3) is 0 Å². The topological polar surface area (TPSA) is 76.7 Å². The molecule has 2 N–H and O–H groups in total. The van der Waals surface area contributed by atoms with E-state index in [1.165, 1.54) is 0 Å². The van der Waals surface area contributed by atoms with Crippen molar-refractivity contribution < 1.29 is 19.1 Å². The predicted octanol–water partition coefficient (Wildman–Crippen LogP) is 2.80.